The number of alkyl halides is 3. The van der Waals surface area contributed by atoms with Crippen LogP contribution in [0.4, 0.5) is 18.9 Å². The summed E-state index contributed by atoms with van der Waals surface area (Å²) < 4.78 is 65.0. The van der Waals surface area contributed by atoms with Crippen LogP contribution in [0.15, 0.2) is 48.5 Å². The first kappa shape index (κ1) is 29.2. The highest BCUT2D eigenvalue weighted by Crippen LogP contribution is 2.32. The van der Waals surface area contributed by atoms with Crippen molar-refractivity contribution < 1.29 is 31.2 Å². The highest BCUT2D eigenvalue weighted by molar-refractivity contribution is 7.92. The molecule has 0 heterocycles. The summed E-state index contributed by atoms with van der Waals surface area (Å²) in [6.07, 6.45) is -3.39. The average molecular weight is 528 g/mol. The van der Waals surface area contributed by atoms with Gasteiger partial charge in [-0.25, -0.2) is 8.42 Å². The molecule has 36 heavy (non-hydrogen) atoms. The van der Waals surface area contributed by atoms with Crippen LogP contribution in [0.25, 0.3) is 0 Å². The molecule has 7 nitrogen and oxygen atoms in total. The largest absolute Gasteiger partial charge is 0.416 e. The molecule has 1 atom stereocenters. The topological polar surface area (TPSA) is 86.8 Å². The predicted octanol–water partition coefficient (Wildman–Crippen LogP) is 4.11. The smallest absolute Gasteiger partial charge is 0.357 e. The van der Waals surface area contributed by atoms with E-state index in [1.54, 1.807) is 6.92 Å². The molecule has 2 amide bonds. The molecule has 0 aliphatic rings. The van der Waals surface area contributed by atoms with Crippen LogP contribution in [0.1, 0.15) is 42.9 Å². The molecule has 0 bridgehead atoms. The van der Waals surface area contributed by atoms with Crippen molar-refractivity contribution in [3.05, 3.63) is 65.2 Å². The highest BCUT2D eigenvalue weighted by Gasteiger charge is 2.32. The number of nitrogens with one attached hydrogen (secondary N) is 1. The van der Waals surface area contributed by atoms with E-state index in [0.717, 1.165) is 39.9 Å². The van der Waals surface area contributed by atoms with E-state index in [1.165, 1.54) is 18.0 Å². The molecule has 2 aromatic rings. The summed E-state index contributed by atoms with van der Waals surface area (Å²) in [6.45, 7) is 3.70. The quantitative estimate of drug-likeness (QED) is 0.477. The van der Waals surface area contributed by atoms with Crippen molar-refractivity contribution in [1.29, 1.82) is 0 Å². The van der Waals surface area contributed by atoms with Crippen LogP contribution >= 0.6 is 0 Å². The van der Waals surface area contributed by atoms with Gasteiger partial charge in [-0.2, -0.15) is 13.2 Å². The maximum absolute atomic E-state index is 13.2. The summed E-state index contributed by atoms with van der Waals surface area (Å²) in [5, 5.41) is 2.57. The lowest BCUT2D eigenvalue weighted by atomic mass is 10.1. The zero-order valence-electron chi connectivity index (χ0n) is 20.8. The molecule has 0 fully saturated rings. The highest BCUT2D eigenvalue weighted by atomic mass is 32.2. The second-order valence-electron chi connectivity index (χ2n) is 8.54. The maximum atomic E-state index is 13.2. The molecule has 0 saturated heterocycles. The van der Waals surface area contributed by atoms with Crippen molar-refractivity contribution >= 4 is 27.5 Å². The van der Waals surface area contributed by atoms with Gasteiger partial charge in [-0.15, -0.1) is 0 Å². The first-order chi connectivity index (χ1) is 16.8. The van der Waals surface area contributed by atoms with Crippen molar-refractivity contribution in [1.82, 2.24) is 10.2 Å². The average Bonchev–Trinajstić information content (AvgIpc) is 2.80. The molecule has 0 unspecified atom stereocenters. The Kier molecular flexibility index (Phi) is 9.92. The summed E-state index contributed by atoms with van der Waals surface area (Å²) >= 11 is 0. The molecule has 198 valence electrons. The first-order valence-electron chi connectivity index (χ1n) is 11.5. The fourth-order valence-electron chi connectivity index (χ4n) is 3.93. The van der Waals surface area contributed by atoms with Gasteiger partial charge in [0.05, 0.1) is 17.5 Å². The van der Waals surface area contributed by atoms with E-state index in [2.05, 4.69) is 5.32 Å². The Morgan fingerprint density at radius 2 is 1.75 bits per heavy atom. The summed E-state index contributed by atoms with van der Waals surface area (Å²) in [5.41, 5.74) is 0.740. The van der Waals surface area contributed by atoms with Crippen LogP contribution in [0.3, 0.4) is 0 Å². The molecule has 2 rings (SSSR count). The summed E-state index contributed by atoms with van der Waals surface area (Å²) in [7, 11) is -2.43. The molecule has 0 saturated carbocycles. The Hall–Kier alpha value is -3.08. The third-order valence-electron chi connectivity index (χ3n) is 5.68. The van der Waals surface area contributed by atoms with Gasteiger partial charge >= 0.3 is 6.18 Å². The second-order valence-corrected chi connectivity index (χ2v) is 10.4. The van der Waals surface area contributed by atoms with Gasteiger partial charge in [0.15, 0.2) is 0 Å². The van der Waals surface area contributed by atoms with Crippen LogP contribution in [0, 0.1) is 6.92 Å². The number of benzene rings is 2. The summed E-state index contributed by atoms with van der Waals surface area (Å²) in [6, 6.07) is 10.9. The zero-order valence-corrected chi connectivity index (χ0v) is 21.6. The Morgan fingerprint density at radius 3 is 2.31 bits per heavy atom. The third-order valence-corrected chi connectivity index (χ3v) is 6.88. The van der Waals surface area contributed by atoms with Gasteiger partial charge < -0.3 is 10.2 Å². The lowest BCUT2D eigenvalue weighted by Crippen LogP contribution is -2.48. The lowest BCUT2D eigenvalue weighted by molar-refractivity contribution is -0.141. The number of carbonyl (C=O) groups excluding carboxylic acids is 2. The summed E-state index contributed by atoms with van der Waals surface area (Å²) in [5.74, 6) is -0.676. The number of anilines is 1. The normalized spacial score (nSPS) is 12.6. The van der Waals surface area contributed by atoms with Gasteiger partial charge in [0.2, 0.25) is 21.8 Å². The van der Waals surface area contributed by atoms with Crippen molar-refractivity contribution in [3.63, 3.8) is 0 Å². The number of aryl methyl sites for hydroxylation is 1. The molecule has 0 aliphatic carbocycles. The predicted molar refractivity (Wildman–Crippen MR) is 133 cm³/mol. The molecule has 0 aromatic heterocycles. The monoisotopic (exact) mass is 527 g/mol. The molecule has 0 radical (unpaired) electrons. The Balaban J connectivity index is 2.23. The van der Waals surface area contributed by atoms with Crippen molar-refractivity contribution in [2.24, 2.45) is 0 Å². The van der Waals surface area contributed by atoms with E-state index < -0.39 is 27.8 Å². The molecule has 1 N–H and O–H groups in total. The molecule has 11 heteroatoms. The second kappa shape index (κ2) is 12.2. The van der Waals surface area contributed by atoms with E-state index >= 15 is 0 Å². The lowest BCUT2D eigenvalue weighted by Gasteiger charge is -2.31. The van der Waals surface area contributed by atoms with Crippen LogP contribution in [0.2, 0.25) is 0 Å². The van der Waals surface area contributed by atoms with Gasteiger partial charge in [0.25, 0.3) is 0 Å². The fraction of sp³-hybridized carbons (Fsp3) is 0.440. The van der Waals surface area contributed by atoms with E-state index in [-0.39, 0.29) is 43.4 Å². The Labute approximate surface area is 210 Å². The van der Waals surface area contributed by atoms with Crippen LogP contribution in [-0.4, -0.2) is 51.0 Å². The minimum absolute atomic E-state index is 0.0522. The van der Waals surface area contributed by atoms with Crippen LogP contribution in [-0.2, 0) is 32.3 Å². The van der Waals surface area contributed by atoms with Gasteiger partial charge in [0, 0.05) is 26.6 Å². The van der Waals surface area contributed by atoms with E-state index in [0.29, 0.717) is 6.42 Å². The maximum Gasteiger partial charge on any atom is 0.416 e. The van der Waals surface area contributed by atoms with Gasteiger partial charge in [-0.05, 0) is 43.5 Å². The minimum atomic E-state index is -4.62. The Morgan fingerprint density at radius 1 is 1.08 bits per heavy atom. The Bertz CT molecular complexity index is 1170. The number of likely N-dealkylation sites (N-methyl/N-ethyl adjacent to an activating group) is 1. The third kappa shape index (κ3) is 7.97. The fourth-order valence-corrected chi connectivity index (χ4v) is 4.89. The number of hydrogen-bond acceptors (Lipinski definition) is 4. The van der Waals surface area contributed by atoms with Crippen molar-refractivity contribution in [2.45, 2.75) is 51.9 Å². The first-order valence-corrected chi connectivity index (χ1v) is 13.3. The van der Waals surface area contributed by atoms with Crippen LogP contribution in [0.5, 0.6) is 0 Å². The van der Waals surface area contributed by atoms with Gasteiger partial charge in [-0.3, -0.25) is 13.9 Å². The SMILES string of the molecule is CC[C@@H](C(=O)NC)N(Cc1cccc(C)c1)C(=O)CCCN(c1cccc(C(F)(F)F)c1)S(C)(=O)=O. The molecular formula is C25H32F3N3O4S. The number of carbonyl (C=O) groups is 2. The molecule has 2 aromatic carbocycles. The number of nitrogens with zero attached hydrogens (tertiary/aromatic N) is 2. The van der Waals surface area contributed by atoms with Gasteiger partial charge in [-0.1, -0.05) is 42.8 Å². The van der Waals surface area contributed by atoms with Crippen LogP contribution < -0.4 is 9.62 Å². The number of amides is 2. The standard InChI is InChI=1S/C25H32F3N3O4S/c1-5-22(24(33)29-3)30(17-19-10-6-9-18(2)15-19)23(32)13-8-14-31(36(4,34)35)21-12-7-11-20(16-21)25(26,27)28/h6-7,9-12,15-16,22H,5,8,13-14,17H2,1-4H3,(H,29,33)/t22-/m0/s1. The van der Waals surface area contributed by atoms with Crippen molar-refractivity contribution in [2.75, 3.05) is 24.2 Å². The number of sulfonamides is 1. The summed E-state index contributed by atoms with van der Waals surface area (Å²) in [4.78, 5) is 27.2. The minimum Gasteiger partial charge on any atom is -0.357 e. The number of hydrogen-bond donors (Lipinski definition) is 1. The molecule has 0 spiro atoms. The molecular weight excluding hydrogens is 495 g/mol. The van der Waals surface area contributed by atoms with E-state index in [4.69, 9.17) is 0 Å². The number of rotatable bonds is 11. The van der Waals surface area contributed by atoms with Gasteiger partial charge in [0.1, 0.15) is 6.04 Å². The van der Waals surface area contributed by atoms with E-state index in [9.17, 15) is 31.2 Å². The van der Waals surface area contributed by atoms with Crippen molar-refractivity contribution in [3.8, 4) is 0 Å². The van der Waals surface area contributed by atoms with E-state index in [1.807, 2.05) is 31.2 Å². The zero-order chi connectivity index (χ0) is 27.1. The molecule has 0 aliphatic heterocycles. The number of halogens is 3.